The van der Waals surface area contributed by atoms with E-state index in [9.17, 15) is 0 Å². The maximum atomic E-state index is 5.72. The van der Waals surface area contributed by atoms with Crippen LogP contribution in [0.25, 0.3) is 0 Å². The van der Waals surface area contributed by atoms with Crippen molar-refractivity contribution in [2.45, 2.75) is 6.42 Å². The van der Waals surface area contributed by atoms with Gasteiger partial charge in [0.05, 0.1) is 0 Å². The molecule has 14 heavy (non-hydrogen) atoms. The fourth-order valence-corrected chi connectivity index (χ4v) is 1.88. The number of hydrogen-bond acceptors (Lipinski definition) is 4. The van der Waals surface area contributed by atoms with Crippen LogP contribution in [0, 0.1) is 5.92 Å². The molecule has 0 aromatic carbocycles. The predicted octanol–water partition coefficient (Wildman–Crippen LogP) is 0.915. The molecular formula is C9H13ClN4. The van der Waals surface area contributed by atoms with Gasteiger partial charge in [-0.05, 0) is 36.6 Å². The molecule has 76 valence electrons. The zero-order valence-corrected chi connectivity index (χ0v) is 8.61. The SMILES string of the molecule is NC[C@H]1CCN(c2ccnc(Cl)n2)C1. The zero-order valence-electron chi connectivity index (χ0n) is 7.86. The summed E-state index contributed by atoms with van der Waals surface area (Å²) in [4.78, 5) is 10.2. The minimum atomic E-state index is 0.304. The molecule has 0 amide bonds. The van der Waals surface area contributed by atoms with E-state index < -0.39 is 0 Å². The van der Waals surface area contributed by atoms with E-state index in [2.05, 4.69) is 14.9 Å². The van der Waals surface area contributed by atoms with Crippen molar-refractivity contribution in [1.29, 1.82) is 0 Å². The van der Waals surface area contributed by atoms with Crippen LogP contribution in [0.2, 0.25) is 5.28 Å². The highest BCUT2D eigenvalue weighted by atomic mass is 35.5. The molecule has 1 aromatic rings. The lowest BCUT2D eigenvalue weighted by Gasteiger charge is -2.16. The Bertz CT molecular complexity index is 317. The Balaban J connectivity index is 2.09. The monoisotopic (exact) mass is 212 g/mol. The fraction of sp³-hybridized carbons (Fsp3) is 0.556. The first-order chi connectivity index (χ1) is 6.79. The van der Waals surface area contributed by atoms with Crippen molar-refractivity contribution in [3.05, 3.63) is 17.5 Å². The summed E-state index contributed by atoms with van der Waals surface area (Å²) in [6.45, 7) is 2.73. The summed E-state index contributed by atoms with van der Waals surface area (Å²) in [7, 11) is 0. The number of rotatable bonds is 2. The Labute approximate surface area is 88.1 Å². The molecule has 1 aliphatic rings. The third kappa shape index (κ3) is 1.96. The Morgan fingerprint density at radius 1 is 1.64 bits per heavy atom. The average molecular weight is 213 g/mol. The molecule has 0 aliphatic carbocycles. The Morgan fingerprint density at radius 3 is 3.14 bits per heavy atom. The number of halogens is 1. The number of nitrogens with two attached hydrogens (primary N) is 1. The van der Waals surface area contributed by atoms with E-state index in [1.807, 2.05) is 6.07 Å². The molecule has 1 saturated heterocycles. The van der Waals surface area contributed by atoms with Crippen LogP contribution in [0.4, 0.5) is 5.82 Å². The predicted molar refractivity (Wildman–Crippen MR) is 56.4 cm³/mol. The Morgan fingerprint density at radius 2 is 2.50 bits per heavy atom. The third-order valence-electron chi connectivity index (χ3n) is 2.55. The number of hydrogen-bond donors (Lipinski definition) is 1. The molecule has 0 bridgehead atoms. The normalized spacial score (nSPS) is 21.6. The van der Waals surface area contributed by atoms with Gasteiger partial charge in [-0.1, -0.05) is 0 Å². The molecule has 5 heteroatoms. The first-order valence-corrected chi connectivity index (χ1v) is 5.11. The zero-order chi connectivity index (χ0) is 9.97. The van der Waals surface area contributed by atoms with Gasteiger partial charge in [-0.15, -0.1) is 0 Å². The van der Waals surface area contributed by atoms with Gasteiger partial charge in [-0.3, -0.25) is 0 Å². The minimum absolute atomic E-state index is 0.304. The summed E-state index contributed by atoms with van der Waals surface area (Å²) in [5.74, 6) is 1.49. The van der Waals surface area contributed by atoms with Crippen molar-refractivity contribution in [1.82, 2.24) is 9.97 Å². The molecule has 2 N–H and O–H groups in total. The Hall–Kier alpha value is -0.870. The topological polar surface area (TPSA) is 55.0 Å². The van der Waals surface area contributed by atoms with Gasteiger partial charge in [0.2, 0.25) is 5.28 Å². The van der Waals surface area contributed by atoms with Gasteiger partial charge in [0.15, 0.2) is 0 Å². The van der Waals surface area contributed by atoms with E-state index in [4.69, 9.17) is 17.3 Å². The van der Waals surface area contributed by atoms with E-state index >= 15 is 0 Å². The lowest BCUT2D eigenvalue weighted by atomic mass is 10.1. The summed E-state index contributed by atoms with van der Waals surface area (Å²) in [5.41, 5.74) is 5.62. The second-order valence-electron chi connectivity index (χ2n) is 3.52. The van der Waals surface area contributed by atoms with Crippen LogP contribution in [0.15, 0.2) is 12.3 Å². The van der Waals surface area contributed by atoms with E-state index in [1.54, 1.807) is 6.20 Å². The summed E-state index contributed by atoms with van der Waals surface area (Å²) in [6.07, 6.45) is 2.82. The average Bonchev–Trinajstić information content (AvgIpc) is 2.66. The smallest absolute Gasteiger partial charge is 0.224 e. The molecule has 0 unspecified atom stereocenters. The highest BCUT2D eigenvalue weighted by Gasteiger charge is 2.22. The van der Waals surface area contributed by atoms with Crippen LogP contribution in [0.3, 0.4) is 0 Å². The van der Waals surface area contributed by atoms with E-state index in [-0.39, 0.29) is 0 Å². The van der Waals surface area contributed by atoms with Crippen molar-refractivity contribution in [2.24, 2.45) is 11.7 Å². The highest BCUT2D eigenvalue weighted by molar-refractivity contribution is 6.28. The molecule has 2 rings (SSSR count). The van der Waals surface area contributed by atoms with Gasteiger partial charge in [0.1, 0.15) is 5.82 Å². The maximum Gasteiger partial charge on any atom is 0.224 e. The molecule has 1 aromatic heterocycles. The van der Waals surface area contributed by atoms with Crippen molar-refractivity contribution in [3.8, 4) is 0 Å². The second kappa shape index (κ2) is 4.11. The fourth-order valence-electron chi connectivity index (χ4n) is 1.74. The molecule has 1 atom stereocenters. The van der Waals surface area contributed by atoms with Crippen LogP contribution >= 0.6 is 11.6 Å². The minimum Gasteiger partial charge on any atom is -0.356 e. The molecule has 1 fully saturated rings. The molecule has 4 nitrogen and oxygen atoms in total. The van der Waals surface area contributed by atoms with Gasteiger partial charge in [-0.25, -0.2) is 9.97 Å². The van der Waals surface area contributed by atoms with Gasteiger partial charge >= 0.3 is 0 Å². The molecule has 2 heterocycles. The molecule has 0 saturated carbocycles. The van der Waals surface area contributed by atoms with Crippen molar-refractivity contribution in [2.75, 3.05) is 24.5 Å². The van der Waals surface area contributed by atoms with Crippen molar-refractivity contribution >= 4 is 17.4 Å². The van der Waals surface area contributed by atoms with Crippen LogP contribution in [-0.4, -0.2) is 29.6 Å². The summed E-state index contributed by atoms with van der Waals surface area (Å²) < 4.78 is 0. The van der Waals surface area contributed by atoms with Gasteiger partial charge in [-0.2, -0.15) is 0 Å². The number of anilines is 1. The standard InChI is InChI=1S/C9H13ClN4/c10-9-12-3-1-8(13-9)14-4-2-7(5-11)6-14/h1,3,7H,2,4-6,11H2/t7-/m1/s1. The Kier molecular flexibility index (Phi) is 2.84. The molecule has 0 spiro atoms. The van der Waals surface area contributed by atoms with Crippen molar-refractivity contribution in [3.63, 3.8) is 0 Å². The third-order valence-corrected chi connectivity index (χ3v) is 2.74. The first kappa shape index (κ1) is 9.68. The second-order valence-corrected chi connectivity index (χ2v) is 3.86. The molecular weight excluding hydrogens is 200 g/mol. The van der Waals surface area contributed by atoms with E-state index in [0.29, 0.717) is 11.2 Å². The number of nitrogens with zero attached hydrogens (tertiary/aromatic N) is 3. The summed E-state index contributed by atoms with van der Waals surface area (Å²) in [5, 5.41) is 0.304. The van der Waals surface area contributed by atoms with Crippen LogP contribution in [0.1, 0.15) is 6.42 Å². The highest BCUT2D eigenvalue weighted by Crippen LogP contribution is 2.21. The quantitative estimate of drug-likeness (QED) is 0.741. The largest absolute Gasteiger partial charge is 0.356 e. The van der Waals surface area contributed by atoms with Gasteiger partial charge in [0.25, 0.3) is 0 Å². The maximum absolute atomic E-state index is 5.72. The van der Waals surface area contributed by atoms with Gasteiger partial charge in [0, 0.05) is 19.3 Å². The summed E-state index contributed by atoms with van der Waals surface area (Å²) >= 11 is 5.72. The lowest BCUT2D eigenvalue weighted by Crippen LogP contribution is -2.23. The summed E-state index contributed by atoms with van der Waals surface area (Å²) in [6, 6.07) is 1.88. The van der Waals surface area contributed by atoms with Crippen LogP contribution < -0.4 is 10.6 Å². The van der Waals surface area contributed by atoms with Crippen LogP contribution in [-0.2, 0) is 0 Å². The van der Waals surface area contributed by atoms with Crippen LogP contribution in [0.5, 0.6) is 0 Å². The van der Waals surface area contributed by atoms with Crippen molar-refractivity contribution < 1.29 is 0 Å². The van der Waals surface area contributed by atoms with E-state index in [0.717, 1.165) is 31.9 Å². The van der Waals surface area contributed by atoms with Gasteiger partial charge < -0.3 is 10.6 Å². The molecule has 1 aliphatic heterocycles. The van der Waals surface area contributed by atoms with E-state index in [1.165, 1.54) is 0 Å². The molecule has 0 radical (unpaired) electrons. The first-order valence-electron chi connectivity index (χ1n) is 4.73. The number of aromatic nitrogens is 2. The lowest BCUT2D eigenvalue weighted by molar-refractivity contribution is 0.602.